The highest BCUT2D eigenvalue weighted by Crippen LogP contribution is 2.29. The summed E-state index contributed by atoms with van der Waals surface area (Å²) in [6.07, 6.45) is 1.76. The Morgan fingerprint density at radius 3 is 2.38 bits per heavy atom. The second-order valence-corrected chi connectivity index (χ2v) is 6.22. The maximum absolute atomic E-state index is 12.4. The van der Waals surface area contributed by atoms with Crippen LogP contribution in [0, 0.1) is 0 Å². The van der Waals surface area contributed by atoms with Crippen LogP contribution in [0.4, 0.5) is 11.4 Å². The van der Waals surface area contributed by atoms with Gasteiger partial charge in [0.05, 0.1) is 26.1 Å². The number of carbonyl (C=O) groups is 1. The van der Waals surface area contributed by atoms with Crippen molar-refractivity contribution in [1.82, 2.24) is 9.88 Å². The number of methoxy groups -OCH3 is 2. The van der Waals surface area contributed by atoms with E-state index in [1.807, 2.05) is 6.07 Å². The van der Waals surface area contributed by atoms with Gasteiger partial charge in [-0.15, -0.1) is 0 Å². The summed E-state index contributed by atoms with van der Waals surface area (Å²) in [7, 11) is 5.25. The van der Waals surface area contributed by atoms with E-state index in [4.69, 9.17) is 9.47 Å². The topological polar surface area (TPSA) is 66.9 Å². The van der Waals surface area contributed by atoms with E-state index < -0.39 is 0 Å². The molecule has 3 rings (SSSR count). The summed E-state index contributed by atoms with van der Waals surface area (Å²) in [6, 6.07) is 8.93. The number of amides is 1. The fourth-order valence-corrected chi connectivity index (χ4v) is 2.88. The molecule has 0 spiro atoms. The van der Waals surface area contributed by atoms with Crippen LogP contribution in [0.5, 0.6) is 11.5 Å². The van der Waals surface area contributed by atoms with E-state index >= 15 is 0 Å². The monoisotopic (exact) mass is 356 g/mol. The third kappa shape index (κ3) is 4.05. The Labute approximate surface area is 153 Å². The Hall–Kier alpha value is -2.80. The van der Waals surface area contributed by atoms with Gasteiger partial charge in [-0.25, -0.2) is 4.98 Å². The summed E-state index contributed by atoms with van der Waals surface area (Å²) in [5.41, 5.74) is 2.04. The molecule has 0 aliphatic carbocycles. The third-order valence-electron chi connectivity index (χ3n) is 4.49. The van der Waals surface area contributed by atoms with Crippen molar-refractivity contribution in [3.63, 3.8) is 0 Å². The van der Waals surface area contributed by atoms with Gasteiger partial charge in [-0.3, -0.25) is 4.79 Å². The summed E-state index contributed by atoms with van der Waals surface area (Å²) in [4.78, 5) is 21.3. The Morgan fingerprint density at radius 2 is 1.77 bits per heavy atom. The fourth-order valence-electron chi connectivity index (χ4n) is 2.88. The normalized spacial score (nSPS) is 14.8. The van der Waals surface area contributed by atoms with Crippen molar-refractivity contribution in [2.24, 2.45) is 0 Å². The molecule has 0 saturated carbocycles. The SMILES string of the molecule is COc1ccc(NC(=O)c2ccc(N3CCN(C)CC3)cn2)cc1OC. The second kappa shape index (κ2) is 8.05. The quantitative estimate of drug-likeness (QED) is 0.885. The molecule has 7 nitrogen and oxygen atoms in total. The van der Waals surface area contributed by atoms with E-state index in [0.717, 1.165) is 31.9 Å². The Kier molecular flexibility index (Phi) is 5.58. The number of carbonyl (C=O) groups excluding carboxylic acids is 1. The summed E-state index contributed by atoms with van der Waals surface area (Å²) in [5.74, 6) is 0.908. The lowest BCUT2D eigenvalue weighted by Crippen LogP contribution is -2.44. The minimum Gasteiger partial charge on any atom is -0.493 e. The molecule has 0 atom stereocenters. The van der Waals surface area contributed by atoms with Crippen LogP contribution in [-0.2, 0) is 0 Å². The van der Waals surface area contributed by atoms with Gasteiger partial charge >= 0.3 is 0 Å². The van der Waals surface area contributed by atoms with Gasteiger partial charge in [0.25, 0.3) is 5.91 Å². The van der Waals surface area contributed by atoms with Crippen molar-refractivity contribution in [2.75, 3.05) is 57.7 Å². The molecule has 0 unspecified atom stereocenters. The van der Waals surface area contributed by atoms with Crippen molar-refractivity contribution in [3.8, 4) is 11.5 Å². The number of hydrogen-bond donors (Lipinski definition) is 1. The molecule has 0 bridgehead atoms. The lowest BCUT2D eigenvalue weighted by molar-refractivity contribution is 0.102. The summed E-state index contributed by atoms with van der Waals surface area (Å²) in [6.45, 7) is 3.99. The molecule has 26 heavy (non-hydrogen) atoms. The highest BCUT2D eigenvalue weighted by atomic mass is 16.5. The number of nitrogens with zero attached hydrogens (tertiary/aromatic N) is 3. The van der Waals surface area contributed by atoms with Crippen LogP contribution in [0.25, 0.3) is 0 Å². The highest BCUT2D eigenvalue weighted by Gasteiger charge is 2.16. The van der Waals surface area contributed by atoms with Crippen LogP contribution in [0.2, 0.25) is 0 Å². The molecule has 0 radical (unpaired) electrons. The van der Waals surface area contributed by atoms with Gasteiger partial charge in [-0.1, -0.05) is 0 Å². The van der Waals surface area contributed by atoms with Crippen LogP contribution < -0.4 is 19.7 Å². The minimum absolute atomic E-state index is 0.262. The maximum atomic E-state index is 12.4. The number of ether oxygens (including phenoxy) is 2. The largest absolute Gasteiger partial charge is 0.493 e. The zero-order chi connectivity index (χ0) is 18.5. The second-order valence-electron chi connectivity index (χ2n) is 6.22. The number of hydrogen-bond acceptors (Lipinski definition) is 6. The first kappa shape index (κ1) is 18.0. The molecule has 1 saturated heterocycles. The van der Waals surface area contributed by atoms with E-state index in [1.54, 1.807) is 44.7 Å². The van der Waals surface area contributed by atoms with Gasteiger partial charge in [-0.05, 0) is 31.3 Å². The molecule has 1 aliphatic rings. The molecular weight excluding hydrogens is 332 g/mol. The number of piperazine rings is 1. The van der Waals surface area contributed by atoms with E-state index in [9.17, 15) is 4.79 Å². The predicted molar refractivity (Wildman–Crippen MR) is 101 cm³/mol. The van der Waals surface area contributed by atoms with E-state index in [2.05, 4.69) is 27.1 Å². The average Bonchev–Trinajstić information content (AvgIpc) is 2.68. The van der Waals surface area contributed by atoms with E-state index in [0.29, 0.717) is 22.9 Å². The van der Waals surface area contributed by atoms with Gasteiger partial charge in [0.15, 0.2) is 11.5 Å². The molecule has 1 aromatic heterocycles. The zero-order valence-corrected chi connectivity index (χ0v) is 15.4. The smallest absolute Gasteiger partial charge is 0.274 e. The fraction of sp³-hybridized carbons (Fsp3) is 0.368. The standard InChI is InChI=1S/C19H24N4O3/c1-22-8-10-23(11-9-22)15-5-6-16(20-13-15)19(24)21-14-4-7-17(25-2)18(12-14)26-3/h4-7,12-13H,8-11H2,1-3H3,(H,21,24). The molecule has 1 aliphatic heterocycles. The van der Waals surface area contributed by atoms with Crippen molar-refractivity contribution < 1.29 is 14.3 Å². The third-order valence-corrected chi connectivity index (χ3v) is 4.49. The van der Waals surface area contributed by atoms with Crippen molar-refractivity contribution in [2.45, 2.75) is 0 Å². The van der Waals surface area contributed by atoms with Gasteiger partial charge < -0.3 is 24.6 Å². The van der Waals surface area contributed by atoms with Gasteiger partial charge in [0.1, 0.15) is 5.69 Å². The molecule has 1 fully saturated rings. The number of nitrogens with one attached hydrogen (secondary N) is 1. The maximum Gasteiger partial charge on any atom is 0.274 e. The highest BCUT2D eigenvalue weighted by molar-refractivity contribution is 6.03. The van der Waals surface area contributed by atoms with Crippen LogP contribution in [0.1, 0.15) is 10.5 Å². The van der Waals surface area contributed by atoms with Crippen molar-refractivity contribution in [3.05, 3.63) is 42.2 Å². The van der Waals surface area contributed by atoms with Crippen LogP contribution in [-0.4, -0.2) is 63.2 Å². The first-order chi connectivity index (χ1) is 12.6. The molecule has 7 heteroatoms. The van der Waals surface area contributed by atoms with Crippen molar-refractivity contribution in [1.29, 1.82) is 0 Å². The lowest BCUT2D eigenvalue weighted by atomic mass is 10.2. The molecule has 138 valence electrons. The number of aromatic nitrogens is 1. The van der Waals surface area contributed by atoms with E-state index in [-0.39, 0.29) is 5.91 Å². The zero-order valence-electron chi connectivity index (χ0n) is 15.4. The first-order valence-electron chi connectivity index (χ1n) is 8.53. The van der Waals surface area contributed by atoms with Crippen LogP contribution >= 0.6 is 0 Å². The summed E-state index contributed by atoms with van der Waals surface area (Å²) >= 11 is 0. The number of anilines is 2. The molecule has 1 N–H and O–H groups in total. The lowest BCUT2D eigenvalue weighted by Gasteiger charge is -2.33. The van der Waals surface area contributed by atoms with Gasteiger partial charge in [-0.2, -0.15) is 0 Å². The van der Waals surface area contributed by atoms with Crippen LogP contribution in [0.3, 0.4) is 0 Å². The van der Waals surface area contributed by atoms with E-state index in [1.165, 1.54) is 0 Å². The molecule has 1 amide bonds. The van der Waals surface area contributed by atoms with Crippen LogP contribution in [0.15, 0.2) is 36.5 Å². The molecular formula is C19H24N4O3. The van der Waals surface area contributed by atoms with Crippen molar-refractivity contribution >= 4 is 17.3 Å². The Morgan fingerprint density at radius 1 is 1.04 bits per heavy atom. The number of rotatable bonds is 5. The molecule has 1 aromatic carbocycles. The average molecular weight is 356 g/mol. The molecule has 2 aromatic rings. The van der Waals surface area contributed by atoms with Gasteiger partial charge in [0.2, 0.25) is 0 Å². The summed E-state index contributed by atoms with van der Waals surface area (Å²) < 4.78 is 10.5. The number of likely N-dealkylation sites (N-methyl/N-ethyl adjacent to an activating group) is 1. The number of benzene rings is 1. The number of pyridine rings is 1. The Bertz CT molecular complexity index is 756. The first-order valence-corrected chi connectivity index (χ1v) is 8.53. The van der Waals surface area contributed by atoms with Gasteiger partial charge in [0, 0.05) is 37.9 Å². The molecule has 2 heterocycles. The summed E-state index contributed by atoms with van der Waals surface area (Å²) in [5, 5.41) is 2.83. The minimum atomic E-state index is -0.262. The predicted octanol–water partition coefficient (Wildman–Crippen LogP) is 2.10. The Balaban J connectivity index is 1.66.